The number of carbonyl (C=O) groups is 1. The first-order valence-corrected chi connectivity index (χ1v) is 14.7. The third-order valence-corrected chi connectivity index (χ3v) is 7.73. The highest BCUT2D eigenvalue weighted by molar-refractivity contribution is 6.32. The van der Waals surface area contributed by atoms with Crippen molar-refractivity contribution in [2.75, 3.05) is 26.2 Å². The number of alkyl halides is 3. The van der Waals surface area contributed by atoms with E-state index in [1.165, 1.54) is 11.6 Å². The summed E-state index contributed by atoms with van der Waals surface area (Å²) in [7, 11) is 0. The molecule has 0 bridgehead atoms. The molecule has 0 atom stereocenters. The first-order valence-electron chi connectivity index (χ1n) is 14.3. The highest BCUT2D eigenvalue weighted by atomic mass is 35.5. The quantitative estimate of drug-likeness (QED) is 0.138. The smallest absolute Gasteiger partial charge is 0.417 e. The second-order valence-electron chi connectivity index (χ2n) is 10.5. The Balaban J connectivity index is 1.40. The molecular formula is C35H35ClF3NO3. The number of rotatable bonds is 15. The molecule has 0 unspecified atom stereocenters. The molecule has 4 nitrogen and oxygen atoms in total. The molecule has 0 heterocycles. The molecule has 226 valence electrons. The maximum atomic E-state index is 13.4. The number of halogens is 4. The number of nitrogens with zero attached hydrogens (tertiary/aromatic N) is 1. The molecule has 0 radical (unpaired) electrons. The van der Waals surface area contributed by atoms with E-state index < -0.39 is 17.7 Å². The number of hydrogen-bond acceptors (Lipinski definition) is 3. The molecule has 8 heteroatoms. The van der Waals surface area contributed by atoms with Gasteiger partial charge in [0.05, 0.1) is 23.6 Å². The van der Waals surface area contributed by atoms with Crippen LogP contribution in [0, 0.1) is 0 Å². The van der Waals surface area contributed by atoms with Gasteiger partial charge in [0.2, 0.25) is 0 Å². The average Bonchev–Trinajstić information content (AvgIpc) is 2.98. The zero-order valence-corrected chi connectivity index (χ0v) is 24.6. The number of benzene rings is 4. The lowest BCUT2D eigenvalue weighted by Gasteiger charge is -2.23. The molecule has 0 spiro atoms. The number of carboxylic acids is 1. The molecule has 0 aliphatic carbocycles. The zero-order valence-electron chi connectivity index (χ0n) is 23.8. The van der Waals surface area contributed by atoms with E-state index in [4.69, 9.17) is 21.4 Å². The monoisotopic (exact) mass is 609 g/mol. The summed E-state index contributed by atoms with van der Waals surface area (Å²) in [5.41, 5.74) is 3.61. The lowest BCUT2D eigenvalue weighted by Crippen LogP contribution is -2.30. The average molecular weight is 610 g/mol. The van der Waals surface area contributed by atoms with Crippen molar-refractivity contribution >= 4 is 17.6 Å². The Labute approximate surface area is 255 Å². The molecule has 4 aromatic rings. The van der Waals surface area contributed by atoms with Crippen LogP contribution in [0.25, 0.3) is 0 Å². The molecule has 0 aromatic heterocycles. The van der Waals surface area contributed by atoms with Gasteiger partial charge < -0.3 is 14.7 Å². The fourth-order valence-corrected chi connectivity index (χ4v) is 5.36. The fraction of sp³-hybridized carbons (Fsp3) is 0.286. The van der Waals surface area contributed by atoms with Crippen LogP contribution in [-0.4, -0.2) is 42.2 Å². The van der Waals surface area contributed by atoms with Crippen molar-refractivity contribution in [1.82, 2.24) is 4.90 Å². The Kier molecular flexibility index (Phi) is 11.6. The number of hydrogen-bond donors (Lipinski definition) is 1. The summed E-state index contributed by atoms with van der Waals surface area (Å²) in [5, 5.41) is 8.80. The van der Waals surface area contributed by atoms with E-state index in [0.717, 1.165) is 56.1 Å². The second kappa shape index (κ2) is 15.6. The predicted molar refractivity (Wildman–Crippen MR) is 164 cm³/mol. The van der Waals surface area contributed by atoms with Crippen LogP contribution in [0.4, 0.5) is 13.2 Å². The fourth-order valence-electron chi connectivity index (χ4n) is 5.06. The topological polar surface area (TPSA) is 49.8 Å². The molecule has 0 aliphatic rings. The van der Waals surface area contributed by atoms with Gasteiger partial charge in [-0.2, -0.15) is 13.2 Å². The standard InChI is InChI=1S/C35H35ClF3NO3/c36-34-30(14-7-16-32(34)35(37,38)39)25-29-13-5-4-12-28(29)18-21-40(20-17-26-9-2-1-3-10-26)19-8-22-43-31-15-6-11-27(23-31)24-33(41)42/h1-7,9-16,23H,8,17-22,24-25H2,(H,41,42). The second-order valence-corrected chi connectivity index (χ2v) is 10.8. The zero-order chi connectivity index (χ0) is 30.7. The molecule has 43 heavy (non-hydrogen) atoms. The third-order valence-electron chi connectivity index (χ3n) is 7.28. The molecule has 0 aliphatic heterocycles. The largest absolute Gasteiger partial charge is 0.494 e. The molecule has 4 rings (SSSR count). The Hall–Kier alpha value is -3.81. The van der Waals surface area contributed by atoms with Crippen LogP contribution in [0.1, 0.15) is 39.8 Å². The van der Waals surface area contributed by atoms with Gasteiger partial charge in [-0.15, -0.1) is 0 Å². The number of aliphatic carboxylic acids is 1. The van der Waals surface area contributed by atoms with Gasteiger partial charge in [-0.25, -0.2) is 0 Å². The molecule has 0 amide bonds. The van der Waals surface area contributed by atoms with Crippen molar-refractivity contribution in [3.8, 4) is 5.75 Å². The van der Waals surface area contributed by atoms with Crippen LogP contribution < -0.4 is 4.74 Å². The van der Waals surface area contributed by atoms with Gasteiger partial charge in [0.1, 0.15) is 5.75 Å². The summed E-state index contributed by atoms with van der Waals surface area (Å²) in [6.45, 7) is 2.90. The van der Waals surface area contributed by atoms with E-state index in [0.29, 0.717) is 29.9 Å². The summed E-state index contributed by atoms with van der Waals surface area (Å²) in [6, 6.07) is 29.3. The van der Waals surface area contributed by atoms with Gasteiger partial charge in [-0.3, -0.25) is 4.79 Å². The minimum atomic E-state index is -4.50. The predicted octanol–water partition coefficient (Wildman–Crippen LogP) is 8.13. The van der Waals surface area contributed by atoms with Crippen LogP contribution in [0.15, 0.2) is 97.1 Å². The van der Waals surface area contributed by atoms with Gasteiger partial charge >= 0.3 is 12.1 Å². The lowest BCUT2D eigenvalue weighted by atomic mass is 9.96. The maximum absolute atomic E-state index is 13.4. The van der Waals surface area contributed by atoms with Gasteiger partial charge in [0.15, 0.2) is 0 Å². The molecule has 1 N–H and O–H groups in total. The van der Waals surface area contributed by atoms with Crippen molar-refractivity contribution in [2.24, 2.45) is 0 Å². The Morgan fingerprint density at radius 2 is 1.42 bits per heavy atom. The molecule has 4 aromatic carbocycles. The molecule has 0 fully saturated rings. The van der Waals surface area contributed by atoms with Crippen molar-refractivity contribution in [3.05, 3.63) is 135 Å². The molecule has 0 saturated heterocycles. The lowest BCUT2D eigenvalue weighted by molar-refractivity contribution is -0.138. The minimum Gasteiger partial charge on any atom is -0.494 e. The van der Waals surface area contributed by atoms with Crippen LogP contribution in [0.3, 0.4) is 0 Å². The van der Waals surface area contributed by atoms with E-state index in [9.17, 15) is 18.0 Å². The summed E-state index contributed by atoms with van der Waals surface area (Å²) >= 11 is 6.20. The van der Waals surface area contributed by atoms with Gasteiger partial charge in [-0.05, 0) is 71.7 Å². The van der Waals surface area contributed by atoms with Crippen LogP contribution >= 0.6 is 11.6 Å². The van der Waals surface area contributed by atoms with Crippen molar-refractivity contribution < 1.29 is 27.8 Å². The van der Waals surface area contributed by atoms with E-state index >= 15 is 0 Å². The first kappa shape index (κ1) is 32.1. The van der Waals surface area contributed by atoms with Gasteiger partial charge in [0.25, 0.3) is 0 Å². The van der Waals surface area contributed by atoms with Crippen LogP contribution in [-0.2, 0) is 36.7 Å². The van der Waals surface area contributed by atoms with E-state index in [-0.39, 0.29) is 11.4 Å². The summed E-state index contributed by atoms with van der Waals surface area (Å²) < 4.78 is 46.2. The highest BCUT2D eigenvalue weighted by Gasteiger charge is 2.33. The van der Waals surface area contributed by atoms with Gasteiger partial charge in [-0.1, -0.05) is 90.5 Å². The van der Waals surface area contributed by atoms with Gasteiger partial charge in [0, 0.05) is 19.6 Å². The summed E-state index contributed by atoms with van der Waals surface area (Å²) in [5.74, 6) is -0.234. The van der Waals surface area contributed by atoms with E-state index in [2.05, 4.69) is 17.0 Å². The Morgan fingerprint density at radius 1 is 0.767 bits per heavy atom. The highest BCUT2D eigenvalue weighted by Crippen LogP contribution is 2.37. The molecular weight excluding hydrogens is 575 g/mol. The van der Waals surface area contributed by atoms with Crippen LogP contribution in [0.5, 0.6) is 5.75 Å². The number of ether oxygens (including phenoxy) is 1. The SMILES string of the molecule is O=C(O)Cc1cccc(OCCCN(CCc2ccccc2)CCc2ccccc2Cc2cccc(C(F)(F)F)c2Cl)c1. The molecule has 0 saturated carbocycles. The summed E-state index contributed by atoms with van der Waals surface area (Å²) in [6.07, 6.45) is -1.83. The first-order chi connectivity index (χ1) is 20.7. The summed E-state index contributed by atoms with van der Waals surface area (Å²) in [4.78, 5) is 13.4. The van der Waals surface area contributed by atoms with Crippen molar-refractivity contribution in [1.29, 1.82) is 0 Å². The van der Waals surface area contributed by atoms with E-state index in [1.807, 2.05) is 48.5 Å². The Bertz CT molecular complexity index is 1480. The van der Waals surface area contributed by atoms with Crippen molar-refractivity contribution in [3.63, 3.8) is 0 Å². The normalized spacial score (nSPS) is 11.6. The third kappa shape index (κ3) is 10.2. The number of carboxylic acid groups (broad SMARTS) is 1. The Morgan fingerprint density at radius 3 is 2.16 bits per heavy atom. The maximum Gasteiger partial charge on any atom is 0.417 e. The van der Waals surface area contributed by atoms with Crippen molar-refractivity contribution in [2.45, 2.75) is 38.3 Å². The van der Waals surface area contributed by atoms with E-state index in [1.54, 1.807) is 24.3 Å². The van der Waals surface area contributed by atoms with Crippen LogP contribution in [0.2, 0.25) is 5.02 Å². The minimum absolute atomic E-state index is 0.0497.